The molecule has 0 unspecified atom stereocenters. The molecule has 0 fully saturated rings. The van der Waals surface area contributed by atoms with Crippen LogP contribution in [0.1, 0.15) is 17.0 Å². The van der Waals surface area contributed by atoms with Crippen LogP contribution >= 0.6 is 11.6 Å². The molecule has 3 aromatic rings. The van der Waals surface area contributed by atoms with Crippen molar-refractivity contribution in [3.05, 3.63) is 82.6 Å². The van der Waals surface area contributed by atoms with Crippen molar-refractivity contribution in [1.82, 2.24) is 9.97 Å². The Morgan fingerprint density at radius 3 is 2.30 bits per heavy atom. The van der Waals surface area contributed by atoms with E-state index in [0.29, 0.717) is 27.8 Å². The zero-order valence-corrected chi connectivity index (χ0v) is 15.7. The third-order valence-corrected chi connectivity index (χ3v) is 4.11. The summed E-state index contributed by atoms with van der Waals surface area (Å²) in [4.78, 5) is 20.9. The predicted molar refractivity (Wildman–Crippen MR) is 107 cm³/mol. The number of nitrogens with one attached hydrogen (secondary N) is 1. The van der Waals surface area contributed by atoms with Crippen molar-refractivity contribution in [2.75, 3.05) is 5.32 Å². The molecular weight excluding hydrogens is 362 g/mol. The fourth-order valence-corrected chi connectivity index (χ4v) is 2.65. The highest BCUT2D eigenvalue weighted by atomic mass is 35.5. The smallest absolute Gasteiger partial charge is 0.322 e. The van der Waals surface area contributed by atoms with Gasteiger partial charge in [-0.25, -0.2) is 0 Å². The molecule has 2 aromatic carbocycles. The lowest BCUT2D eigenvalue weighted by molar-refractivity contribution is -0.111. The second-order valence-corrected chi connectivity index (χ2v) is 6.22. The Kier molecular flexibility index (Phi) is 5.84. The van der Waals surface area contributed by atoms with Gasteiger partial charge in [-0.15, -0.1) is 0 Å². The number of nitrogens with zero attached hydrogens (tertiary/aromatic N) is 2. The molecule has 3 rings (SSSR count). The van der Waals surface area contributed by atoms with E-state index in [2.05, 4.69) is 15.3 Å². The van der Waals surface area contributed by atoms with Gasteiger partial charge in [0.2, 0.25) is 5.91 Å². The van der Waals surface area contributed by atoms with E-state index in [9.17, 15) is 4.79 Å². The topological polar surface area (TPSA) is 64.1 Å². The minimum absolute atomic E-state index is 0.237. The first-order valence-corrected chi connectivity index (χ1v) is 8.72. The number of aromatic nitrogens is 2. The Balaban J connectivity index is 1.73. The second kappa shape index (κ2) is 8.47. The van der Waals surface area contributed by atoms with Gasteiger partial charge in [0.1, 0.15) is 5.75 Å². The fraction of sp³-hybridized carbons (Fsp3) is 0.0952. The molecule has 0 aliphatic carbocycles. The molecule has 0 saturated heterocycles. The summed E-state index contributed by atoms with van der Waals surface area (Å²) in [6.07, 6.45) is 3.09. The first-order chi connectivity index (χ1) is 13.0. The quantitative estimate of drug-likeness (QED) is 0.619. The maximum Gasteiger partial charge on any atom is 0.322 e. The van der Waals surface area contributed by atoms with E-state index in [1.54, 1.807) is 26.0 Å². The molecule has 0 radical (unpaired) electrons. The molecule has 0 saturated carbocycles. The van der Waals surface area contributed by atoms with Gasteiger partial charge in [0.05, 0.1) is 17.1 Å². The summed E-state index contributed by atoms with van der Waals surface area (Å²) in [5.41, 5.74) is 2.57. The number of carbonyl (C=O) groups is 1. The van der Waals surface area contributed by atoms with Crippen LogP contribution in [0.15, 0.2) is 60.7 Å². The average molecular weight is 380 g/mol. The summed E-state index contributed by atoms with van der Waals surface area (Å²) in [5, 5.41) is 3.39. The van der Waals surface area contributed by atoms with Crippen molar-refractivity contribution in [3.8, 4) is 11.8 Å². The van der Waals surface area contributed by atoms with Gasteiger partial charge in [-0.05, 0) is 43.7 Å². The van der Waals surface area contributed by atoms with E-state index in [0.717, 1.165) is 5.56 Å². The van der Waals surface area contributed by atoms with Gasteiger partial charge in [0, 0.05) is 11.1 Å². The van der Waals surface area contributed by atoms with E-state index in [1.807, 2.05) is 48.5 Å². The van der Waals surface area contributed by atoms with Crippen molar-refractivity contribution < 1.29 is 9.53 Å². The van der Waals surface area contributed by atoms with Crippen molar-refractivity contribution in [2.45, 2.75) is 13.8 Å². The fourth-order valence-electron chi connectivity index (χ4n) is 2.45. The molecule has 0 atom stereocenters. The van der Waals surface area contributed by atoms with Gasteiger partial charge in [-0.2, -0.15) is 9.97 Å². The lowest BCUT2D eigenvalue weighted by Crippen LogP contribution is -2.12. The van der Waals surface area contributed by atoms with Gasteiger partial charge in [0.25, 0.3) is 0 Å². The van der Waals surface area contributed by atoms with Gasteiger partial charge < -0.3 is 10.1 Å². The Hall–Kier alpha value is -3.18. The number of anilines is 1. The number of ether oxygens (including phenoxy) is 1. The maximum atomic E-state index is 12.2. The molecule has 5 nitrogen and oxygen atoms in total. The van der Waals surface area contributed by atoms with Crippen LogP contribution < -0.4 is 10.1 Å². The lowest BCUT2D eigenvalue weighted by Gasteiger charge is -2.11. The molecule has 0 aliphatic heterocycles. The van der Waals surface area contributed by atoms with E-state index >= 15 is 0 Å². The van der Waals surface area contributed by atoms with Crippen LogP contribution in [-0.2, 0) is 4.79 Å². The molecule has 1 heterocycles. The summed E-state index contributed by atoms with van der Waals surface area (Å²) in [7, 11) is 0. The molecule has 136 valence electrons. The number of benzene rings is 2. The van der Waals surface area contributed by atoms with Crippen molar-refractivity contribution in [1.29, 1.82) is 0 Å². The largest absolute Gasteiger partial charge is 0.424 e. The Morgan fingerprint density at radius 2 is 1.63 bits per heavy atom. The predicted octanol–water partition coefficient (Wildman–Crippen LogP) is 5.19. The van der Waals surface area contributed by atoms with Crippen LogP contribution in [-0.4, -0.2) is 15.9 Å². The van der Waals surface area contributed by atoms with Crippen LogP contribution in [0.2, 0.25) is 5.02 Å². The van der Waals surface area contributed by atoms with E-state index < -0.39 is 0 Å². The maximum absolute atomic E-state index is 12.2. The Bertz CT molecular complexity index is 965. The van der Waals surface area contributed by atoms with Crippen LogP contribution in [0.5, 0.6) is 11.8 Å². The van der Waals surface area contributed by atoms with Gasteiger partial charge in [-0.1, -0.05) is 48.0 Å². The van der Waals surface area contributed by atoms with Crippen LogP contribution in [0, 0.1) is 13.8 Å². The number of hydrogen-bond acceptors (Lipinski definition) is 4. The summed E-state index contributed by atoms with van der Waals surface area (Å²) >= 11 is 6.09. The molecule has 6 heteroatoms. The lowest BCUT2D eigenvalue weighted by atomic mass is 10.2. The summed E-state index contributed by atoms with van der Waals surface area (Å²) < 4.78 is 5.65. The number of rotatable bonds is 5. The molecule has 0 bridgehead atoms. The zero-order chi connectivity index (χ0) is 19.2. The van der Waals surface area contributed by atoms with Crippen molar-refractivity contribution in [2.24, 2.45) is 0 Å². The molecule has 27 heavy (non-hydrogen) atoms. The zero-order valence-electron chi connectivity index (χ0n) is 14.9. The summed E-state index contributed by atoms with van der Waals surface area (Å²) in [6.45, 7) is 3.58. The standard InChI is InChI=1S/C21H18ClN3O2/c1-14-20(25-19(26)13-12-16-8-6-7-11-18(16)22)15(2)24-21(23-14)27-17-9-4-3-5-10-17/h3-13H,1-2H3,(H,25,26)/b13-12+. The molecule has 1 aromatic heterocycles. The first kappa shape index (κ1) is 18.6. The summed E-state index contributed by atoms with van der Waals surface area (Å²) in [6, 6.07) is 16.8. The normalized spacial score (nSPS) is 10.8. The van der Waals surface area contributed by atoms with Crippen LogP contribution in [0.3, 0.4) is 0 Å². The summed E-state index contributed by atoms with van der Waals surface area (Å²) in [5.74, 6) is 0.359. The SMILES string of the molecule is Cc1nc(Oc2ccccc2)nc(C)c1NC(=O)/C=C/c1ccccc1Cl. The molecule has 0 aliphatic rings. The number of aryl methyl sites for hydroxylation is 2. The van der Waals surface area contributed by atoms with Crippen LogP contribution in [0.4, 0.5) is 5.69 Å². The number of amides is 1. The van der Waals surface area contributed by atoms with Gasteiger partial charge in [0.15, 0.2) is 0 Å². The molecule has 0 spiro atoms. The van der Waals surface area contributed by atoms with Gasteiger partial charge in [-0.3, -0.25) is 4.79 Å². The first-order valence-electron chi connectivity index (χ1n) is 8.34. The van der Waals surface area contributed by atoms with E-state index in [4.69, 9.17) is 16.3 Å². The van der Waals surface area contributed by atoms with E-state index in [1.165, 1.54) is 6.08 Å². The molecule has 1 N–H and O–H groups in total. The monoisotopic (exact) mass is 379 g/mol. The number of halogens is 1. The minimum atomic E-state index is -0.290. The number of hydrogen-bond donors (Lipinski definition) is 1. The average Bonchev–Trinajstić information content (AvgIpc) is 2.65. The van der Waals surface area contributed by atoms with Crippen molar-refractivity contribution in [3.63, 3.8) is 0 Å². The minimum Gasteiger partial charge on any atom is -0.424 e. The van der Waals surface area contributed by atoms with Gasteiger partial charge >= 0.3 is 6.01 Å². The Morgan fingerprint density at radius 1 is 1.00 bits per heavy atom. The highest BCUT2D eigenvalue weighted by molar-refractivity contribution is 6.32. The number of para-hydroxylation sites is 1. The highest BCUT2D eigenvalue weighted by Crippen LogP contribution is 2.23. The molecular formula is C21H18ClN3O2. The van der Waals surface area contributed by atoms with Crippen molar-refractivity contribution >= 4 is 29.3 Å². The third-order valence-electron chi connectivity index (χ3n) is 3.77. The highest BCUT2D eigenvalue weighted by Gasteiger charge is 2.12. The second-order valence-electron chi connectivity index (χ2n) is 5.81. The Labute approximate surface area is 162 Å². The third kappa shape index (κ3) is 4.92. The number of carbonyl (C=O) groups excluding carboxylic acids is 1. The molecule has 1 amide bonds. The van der Waals surface area contributed by atoms with Crippen LogP contribution in [0.25, 0.3) is 6.08 Å². The van der Waals surface area contributed by atoms with E-state index in [-0.39, 0.29) is 11.9 Å².